The van der Waals surface area contributed by atoms with E-state index >= 15 is 0 Å². The molecule has 0 bridgehead atoms. The molecule has 0 saturated heterocycles. The van der Waals surface area contributed by atoms with E-state index in [9.17, 15) is 4.79 Å². The summed E-state index contributed by atoms with van der Waals surface area (Å²) in [6.07, 6.45) is 1.03. The van der Waals surface area contributed by atoms with Gasteiger partial charge in [0.25, 0.3) is 0 Å². The van der Waals surface area contributed by atoms with Gasteiger partial charge in [0.05, 0.1) is 13.5 Å². The van der Waals surface area contributed by atoms with Gasteiger partial charge in [0.1, 0.15) is 17.6 Å². The van der Waals surface area contributed by atoms with Gasteiger partial charge >= 0.3 is 0 Å². The molecule has 0 spiro atoms. The van der Waals surface area contributed by atoms with E-state index in [1.807, 2.05) is 6.07 Å². The first kappa shape index (κ1) is 8.74. The van der Waals surface area contributed by atoms with Crippen molar-refractivity contribution < 1.29 is 14.1 Å². The highest BCUT2D eigenvalue weighted by Gasteiger charge is 2.08. The maximum Gasteiger partial charge on any atom is 0.151 e. The number of nitrogens with zero attached hydrogens (tertiary/aromatic N) is 1. The third-order valence-electron chi connectivity index (χ3n) is 2.03. The van der Waals surface area contributed by atoms with Gasteiger partial charge in [-0.2, -0.15) is 0 Å². The molecule has 0 atom stereocenters. The highest BCUT2D eigenvalue weighted by Crippen LogP contribution is 2.23. The number of aldehydes is 1. The summed E-state index contributed by atoms with van der Waals surface area (Å²) >= 11 is 0. The van der Waals surface area contributed by atoms with Crippen LogP contribution in [0.1, 0.15) is 5.76 Å². The largest absolute Gasteiger partial charge is 0.497 e. The molecular formula is C10H9NO3. The number of methoxy groups -OCH3 is 1. The van der Waals surface area contributed by atoms with Crippen molar-refractivity contribution in [2.75, 3.05) is 7.11 Å². The number of carbonyl (C=O) groups excluding carboxylic acids is 1. The molecule has 0 amide bonds. The Morgan fingerprint density at radius 2 is 2.43 bits per heavy atom. The number of hydrogen-bond acceptors (Lipinski definition) is 4. The van der Waals surface area contributed by atoms with Crippen molar-refractivity contribution in [3.63, 3.8) is 0 Å². The predicted molar refractivity (Wildman–Crippen MR) is 50.3 cm³/mol. The lowest BCUT2D eigenvalue weighted by atomic mass is 10.2. The summed E-state index contributed by atoms with van der Waals surface area (Å²) in [6.45, 7) is 0. The zero-order valence-corrected chi connectivity index (χ0v) is 7.69. The first-order chi connectivity index (χ1) is 6.85. The Balaban J connectivity index is 2.57. The summed E-state index contributed by atoms with van der Waals surface area (Å²) in [6, 6.07) is 5.41. The third kappa shape index (κ3) is 1.35. The van der Waals surface area contributed by atoms with E-state index in [-0.39, 0.29) is 6.42 Å². The van der Waals surface area contributed by atoms with Crippen molar-refractivity contribution in [2.24, 2.45) is 0 Å². The Morgan fingerprint density at radius 1 is 1.57 bits per heavy atom. The summed E-state index contributed by atoms with van der Waals surface area (Å²) in [5.74, 6) is 1.31. The number of rotatable bonds is 3. The molecule has 0 N–H and O–H groups in total. The molecule has 2 aromatic rings. The minimum Gasteiger partial charge on any atom is -0.497 e. The van der Waals surface area contributed by atoms with Crippen molar-refractivity contribution in [3.8, 4) is 5.75 Å². The average Bonchev–Trinajstić information content (AvgIpc) is 2.61. The van der Waals surface area contributed by atoms with Gasteiger partial charge in [-0.25, -0.2) is 0 Å². The van der Waals surface area contributed by atoms with Gasteiger partial charge in [-0.3, -0.25) is 0 Å². The van der Waals surface area contributed by atoms with Crippen LogP contribution in [0.4, 0.5) is 0 Å². The molecule has 72 valence electrons. The zero-order valence-electron chi connectivity index (χ0n) is 7.69. The SMILES string of the molecule is COc1ccc2noc(CC=O)c2c1. The molecule has 0 radical (unpaired) electrons. The molecule has 4 nitrogen and oxygen atoms in total. The molecule has 0 saturated carbocycles. The van der Waals surface area contributed by atoms with Crippen LogP contribution in [0.3, 0.4) is 0 Å². The van der Waals surface area contributed by atoms with Crippen molar-refractivity contribution in [2.45, 2.75) is 6.42 Å². The van der Waals surface area contributed by atoms with E-state index < -0.39 is 0 Å². The number of fused-ring (bicyclic) bond motifs is 1. The molecule has 0 unspecified atom stereocenters. The molecule has 0 aliphatic carbocycles. The molecule has 4 heteroatoms. The Morgan fingerprint density at radius 3 is 3.14 bits per heavy atom. The standard InChI is InChI=1S/C10H9NO3/c1-13-7-2-3-9-8(6-7)10(4-5-12)14-11-9/h2-3,5-6H,4H2,1H3. The second kappa shape index (κ2) is 3.49. The molecule has 1 aromatic heterocycles. The topological polar surface area (TPSA) is 52.3 Å². The lowest BCUT2D eigenvalue weighted by molar-refractivity contribution is -0.107. The Labute approximate surface area is 80.4 Å². The quantitative estimate of drug-likeness (QED) is 0.691. The van der Waals surface area contributed by atoms with Crippen molar-refractivity contribution >= 4 is 17.2 Å². The lowest BCUT2D eigenvalue weighted by Crippen LogP contribution is -1.84. The summed E-state index contributed by atoms with van der Waals surface area (Å²) in [5.41, 5.74) is 0.739. The van der Waals surface area contributed by atoms with Gasteiger partial charge in [0.15, 0.2) is 5.76 Å². The maximum atomic E-state index is 10.4. The van der Waals surface area contributed by atoms with Gasteiger partial charge in [-0.05, 0) is 18.2 Å². The maximum absolute atomic E-state index is 10.4. The molecule has 2 rings (SSSR count). The average molecular weight is 191 g/mol. The minimum absolute atomic E-state index is 0.240. The molecule has 1 aromatic carbocycles. The lowest BCUT2D eigenvalue weighted by Gasteiger charge is -1.97. The monoisotopic (exact) mass is 191 g/mol. The second-order valence-corrected chi connectivity index (χ2v) is 2.86. The fourth-order valence-electron chi connectivity index (χ4n) is 1.32. The van der Waals surface area contributed by atoms with Crippen molar-refractivity contribution in [3.05, 3.63) is 24.0 Å². The van der Waals surface area contributed by atoms with Crippen LogP contribution in [-0.4, -0.2) is 18.6 Å². The molecule has 14 heavy (non-hydrogen) atoms. The summed E-state index contributed by atoms with van der Waals surface area (Å²) in [5, 5.41) is 4.65. The summed E-state index contributed by atoms with van der Waals surface area (Å²) in [7, 11) is 1.59. The number of aromatic nitrogens is 1. The fourth-order valence-corrected chi connectivity index (χ4v) is 1.32. The molecule has 0 fully saturated rings. The first-order valence-corrected chi connectivity index (χ1v) is 4.21. The highest BCUT2D eigenvalue weighted by molar-refractivity contribution is 5.83. The van der Waals surface area contributed by atoms with E-state index in [2.05, 4.69) is 5.16 Å². The smallest absolute Gasteiger partial charge is 0.151 e. The zero-order chi connectivity index (χ0) is 9.97. The van der Waals surface area contributed by atoms with Gasteiger partial charge < -0.3 is 14.1 Å². The predicted octanol–water partition coefficient (Wildman–Crippen LogP) is 1.58. The first-order valence-electron chi connectivity index (χ1n) is 4.21. The minimum atomic E-state index is 0.240. The Kier molecular flexibility index (Phi) is 2.18. The number of carbonyl (C=O) groups is 1. The third-order valence-corrected chi connectivity index (χ3v) is 2.03. The Hall–Kier alpha value is -1.84. The van der Waals surface area contributed by atoms with E-state index in [1.165, 1.54) is 0 Å². The Bertz CT molecular complexity index is 461. The van der Waals surface area contributed by atoms with Crippen LogP contribution < -0.4 is 4.74 Å². The van der Waals surface area contributed by atoms with E-state index in [4.69, 9.17) is 9.26 Å². The van der Waals surface area contributed by atoms with Crippen molar-refractivity contribution in [1.82, 2.24) is 5.16 Å². The van der Waals surface area contributed by atoms with Crippen LogP contribution in [0.25, 0.3) is 10.9 Å². The van der Waals surface area contributed by atoms with E-state index in [0.717, 1.165) is 22.9 Å². The second-order valence-electron chi connectivity index (χ2n) is 2.86. The van der Waals surface area contributed by atoms with E-state index in [1.54, 1.807) is 19.2 Å². The van der Waals surface area contributed by atoms with Gasteiger partial charge in [-0.15, -0.1) is 0 Å². The van der Waals surface area contributed by atoms with Gasteiger partial charge in [0, 0.05) is 5.39 Å². The highest BCUT2D eigenvalue weighted by atomic mass is 16.5. The van der Waals surface area contributed by atoms with Crippen LogP contribution in [0.15, 0.2) is 22.7 Å². The normalized spacial score (nSPS) is 10.4. The number of ether oxygens (including phenoxy) is 1. The van der Waals surface area contributed by atoms with Crippen LogP contribution in [0.2, 0.25) is 0 Å². The van der Waals surface area contributed by atoms with Gasteiger partial charge in [-0.1, -0.05) is 5.16 Å². The van der Waals surface area contributed by atoms with Crippen LogP contribution >= 0.6 is 0 Å². The fraction of sp³-hybridized carbons (Fsp3) is 0.200. The van der Waals surface area contributed by atoms with Crippen molar-refractivity contribution in [1.29, 1.82) is 0 Å². The molecule has 1 heterocycles. The molecule has 0 aliphatic rings. The number of benzene rings is 1. The van der Waals surface area contributed by atoms with Crippen LogP contribution in [0, 0.1) is 0 Å². The van der Waals surface area contributed by atoms with Gasteiger partial charge in [0.2, 0.25) is 0 Å². The van der Waals surface area contributed by atoms with E-state index in [0.29, 0.717) is 5.76 Å². The molecular weight excluding hydrogens is 182 g/mol. The van der Waals surface area contributed by atoms with Crippen LogP contribution in [0.5, 0.6) is 5.75 Å². The summed E-state index contributed by atoms with van der Waals surface area (Å²) in [4.78, 5) is 10.4. The summed E-state index contributed by atoms with van der Waals surface area (Å²) < 4.78 is 10.1. The number of hydrogen-bond donors (Lipinski definition) is 0. The van der Waals surface area contributed by atoms with Crippen LogP contribution in [-0.2, 0) is 11.2 Å². The molecule has 0 aliphatic heterocycles.